The smallest absolute Gasteiger partial charge is 0.262 e. The number of hydrogen-bond donors (Lipinski definition) is 0. The van der Waals surface area contributed by atoms with E-state index in [1.165, 1.54) is 40.9 Å². The highest BCUT2D eigenvalue weighted by atomic mass is 32.2. The predicted molar refractivity (Wildman–Crippen MR) is 131 cm³/mol. The van der Waals surface area contributed by atoms with Crippen molar-refractivity contribution in [2.75, 3.05) is 6.54 Å². The van der Waals surface area contributed by atoms with Gasteiger partial charge in [-0.25, -0.2) is 4.39 Å². The van der Waals surface area contributed by atoms with Gasteiger partial charge in [0, 0.05) is 18.7 Å². The molecule has 1 saturated heterocycles. The summed E-state index contributed by atoms with van der Waals surface area (Å²) >= 11 is 1.26. The third kappa shape index (κ3) is 4.22. The zero-order chi connectivity index (χ0) is 24.5. The molecule has 1 aliphatic heterocycles. The van der Waals surface area contributed by atoms with Gasteiger partial charge in [-0.05, 0) is 55.7 Å². The Hall–Kier alpha value is -3.53. The SMILES string of the molecule is CCCn1c(=O)c2ccccc2n2c(SC3CCCCN(C(=O)c4ccc(F)cc4)C3=O)nnc12. The molecule has 0 N–H and O–H groups in total. The van der Waals surface area contributed by atoms with Gasteiger partial charge >= 0.3 is 0 Å². The number of hydrogen-bond acceptors (Lipinski definition) is 6. The molecule has 0 aliphatic carbocycles. The summed E-state index contributed by atoms with van der Waals surface area (Å²) < 4.78 is 16.7. The quantitative estimate of drug-likeness (QED) is 0.392. The van der Waals surface area contributed by atoms with Gasteiger partial charge in [0.15, 0.2) is 5.16 Å². The molecule has 0 radical (unpaired) electrons. The topological polar surface area (TPSA) is 89.6 Å². The second-order valence-corrected chi connectivity index (χ2v) is 9.67. The van der Waals surface area contributed by atoms with Gasteiger partial charge < -0.3 is 0 Å². The van der Waals surface area contributed by atoms with E-state index in [1.54, 1.807) is 10.6 Å². The Morgan fingerprint density at radius 3 is 2.63 bits per heavy atom. The van der Waals surface area contributed by atoms with Gasteiger partial charge in [0.1, 0.15) is 5.82 Å². The van der Waals surface area contributed by atoms with Crippen molar-refractivity contribution < 1.29 is 14.0 Å². The first kappa shape index (κ1) is 23.2. The van der Waals surface area contributed by atoms with Crippen molar-refractivity contribution in [3.63, 3.8) is 0 Å². The van der Waals surface area contributed by atoms with Crippen LogP contribution in [0.3, 0.4) is 0 Å². The van der Waals surface area contributed by atoms with E-state index in [1.807, 2.05) is 29.5 Å². The number of likely N-dealkylation sites (tertiary alicyclic amines) is 1. The van der Waals surface area contributed by atoms with E-state index < -0.39 is 17.0 Å². The lowest BCUT2D eigenvalue weighted by atomic mass is 10.2. The summed E-state index contributed by atoms with van der Waals surface area (Å²) in [5, 5.41) is 9.15. The summed E-state index contributed by atoms with van der Waals surface area (Å²) in [5.41, 5.74) is 0.820. The molecule has 8 nitrogen and oxygen atoms in total. The number of amides is 2. The van der Waals surface area contributed by atoms with E-state index in [0.717, 1.165) is 12.8 Å². The van der Waals surface area contributed by atoms with E-state index in [9.17, 15) is 18.8 Å². The largest absolute Gasteiger partial charge is 0.278 e. The second kappa shape index (κ2) is 9.61. The summed E-state index contributed by atoms with van der Waals surface area (Å²) in [6.45, 7) is 2.80. The van der Waals surface area contributed by atoms with Crippen LogP contribution in [0.5, 0.6) is 0 Å². The first-order valence-corrected chi connectivity index (χ1v) is 12.5. The predicted octanol–water partition coefficient (Wildman–Crippen LogP) is 3.91. The number of rotatable bonds is 5. The summed E-state index contributed by atoms with van der Waals surface area (Å²) in [4.78, 5) is 40.9. The highest BCUT2D eigenvalue weighted by molar-refractivity contribution is 8.00. The lowest BCUT2D eigenvalue weighted by Crippen LogP contribution is -2.41. The Morgan fingerprint density at radius 1 is 1.09 bits per heavy atom. The molecule has 2 amide bonds. The van der Waals surface area contributed by atoms with Crippen LogP contribution in [0.4, 0.5) is 4.39 Å². The highest BCUT2D eigenvalue weighted by Crippen LogP contribution is 2.31. The Kier molecular flexibility index (Phi) is 6.38. The molecule has 10 heteroatoms. The summed E-state index contributed by atoms with van der Waals surface area (Å²) in [6.07, 6.45) is 2.80. The first-order chi connectivity index (χ1) is 17.0. The van der Waals surface area contributed by atoms with Crippen molar-refractivity contribution >= 4 is 40.3 Å². The molecule has 2 aromatic heterocycles. The van der Waals surface area contributed by atoms with Crippen LogP contribution in [-0.4, -0.2) is 47.7 Å². The third-order valence-corrected chi connectivity index (χ3v) is 7.35. The van der Waals surface area contributed by atoms with E-state index in [0.29, 0.717) is 47.8 Å². The van der Waals surface area contributed by atoms with Crippen LogP contribution in [0.25, 0.3) is 16.7 Å². The summed E-state index contributed by atoms with van der Waals surface area (Å²) in [7, 11) is 0. The Balaban J connectivity index is 1.52. The monoisotopic (exact) mass is 493 g/mol. The minimum absolute atomic E-state index is 0.125. The van der Waals surface area contributed by atoms with E-state index in [2.05, 4.69) is 10.2 Å². The molecule has 0 saturated carbocycles. The number of imide groups is 1. The minimum atomic E-state index is -0.542. The number of thioether (sulfide) groups is 1. The molecule has 35 heavy (non-hydrogen) atoms. The van der Waals surface area contributed by atoms with Crippen molar-refractivity contribution in [1.29, 1.82) is 0 Å². The van der Waals surface area contributed by atoms with Gasteiger partial charge in [-0.2, -0.15) is 0 Å². The first-order valence-electron chi connectivity index (χ1n) is 11.6. The number of benzene rings is 2. The normalized spacial score (nSPS) is 16.7. The Labute approximate surface area is 204 Å². The lowest BCUT2D eigenvalue weighted by molar-refractivity contribution is -0.127. The van der Waals surface area contributed by atoms with Crippen LogP contribution >= 0.6 is 11.8 Å². The number of halogens is 1. The maximum Gasteiger partial charge on any atom is 0.262 e. The average Bonchev–Trinajstić information content (AvgIpc) is 3.20. The number of para-hydroxylation sites is 1. The van der Waals surface area contributed by atoms with Crippen LogP contribution in [0.15, 0.2) is 58.5 Å². The molecule has 0 bridgehead atoms. The fraction of sp³-hybridized carbons (Fsp3) is 0.320. The number of carbonyl (C=O) groups is 2. The molecule has 1 unspecified atom stereocenters. The zero-order valence-electron chi connectivity index (χ0n) is 19.2. The Morgan fingerprint density at radius 2 is 1.86 bits per heavy atom. The highest BCUT2D eigenvalue weighted by Gasteiger charge is 2.33. The molecule has 4 aromatic rings. The van der Waals surface area contributed by atoms with Crippen LogP contribution in [0, 0.1) is 5.82 Å². The Bertz CT molecular complexity index is 1480. The number of carbonyl (C=O) groups excluding carboxylic acids is 2. The number of fused-ring (bicyclic) bond motifs is 3. The van der Waals surface area contributed by atoms with Crippen LogP contribution < -0.4 is 5.56 Å². The molecular formula is C25H24FN5O3S. The molecule has 3 heterocycles. The summed E-state index contributed by atoms with van der Waals surface area (Å²) in [6, 6.07) is 12.5. The van der Waals surface area contributed by atoms with Crippen molar-refractivity contribution in [2.45, 2.75) is 49.6 Å². The van der Waals surface area contributed by atoms with Crippen LogP contribution in [0.1, 0.15) is 43.0 Å². The van der Waals surface area contributed by atoms with Gasteiger partial charge in [-0.15, -0.1) is 10.2 Å². The molecular weight excluding hydrogens is 469 g/mol. The maximum absolute atomic E-state index is 13.5. The lowest BCUT2D eigenvalue weighted by Gasteiger charge is -2.22. The van der Waals surface area contributed by atoms with Gasteiger partial charge in [-0.3, -0.25) is 28.3 Å². The molecule has 0 spiro atoms. The van der Waals surface area contributed by atoms with Crippen LogP contribution in [0.2, 0.25) is 0 Å². The second-order valence-electron chi connectivity index (χ2n) is 8.50. The van der Waals surface area contributed by atoms with Crippen LogP contribution in [-0.2, 0) is 11.3 Å². The molecule has 1 fully saturated rings. The van der Waals surface area contributed by atoms with Crippen molar-refractivity contribution in [2.24, 2.45) is 0 Å². The number of aryl methyl sites for hydroxylation is 1. The molecule has 1 atom stereocenters. The average molecular weight is 494 g/mol. The zero-order valence-corrected chi connectivity index (χ0v) is 20.0. The van der Waals surface area contributed by atoms with E-state index >= 15 is 0 Å². The van der Waals surface area contributed by atoms with Crippen molar-refractivity contribution in [3.8, 4) is 0 Å². The van der Waals surface area contributed by atoms with Gasteiger partial charge in [0.25, 0.3) is 11.5 Å². The fourth-order valence-electron chi connectivity index (χ4n) is 4.43. The number of aromatic nitrogens is 4. The molecule has 1 aliphatic rings. The minimum Gasteiger partial charge on any atom is -0.278 e. The van der Waals surface area contributed by atoms with Gasteiger partial charge in [-0.1, -0.05) is 37.2 Å². The van der Waals surface area contributed by atoms with E-state index in [4.69, 9.17) is 0 Å². The van der Waals surface area contributed by atoms with E-state index in [-0.39, 0.29) is 17.0 Å². The number of nitrogens with zero attached hydrogens (tertiary/aromatic N) is 5. The van der Waals surface area contributed by atoms with Gasteiger partial charge in [0.05, 0.1) is 16.2 Å². The standard InChI is InChI=1S/C25H24FN5O3S/c1-2-14-30-22(33)18-7-3-4-8-19(18)31-24(30)27-28-25(31)35-20-9-5-6-15-29(23(20)34)21(32)16-10-12-17(26)13-11-16/h3-4,7-8,10-13,20H,2,5-6,9,14-15H2,1H3. The molecule has 2 aromatic carbocycles. The van der Waals surface area contributed by atoms with Gasteiger partial charge in [0.2, 0.25) is 11.7 Å². The summed E-state index contributed by atoms with van der Waals surface area (Å²) in [5.74, 6) is -0.747. The molecule has 180 valence electrons. The molecule has 5 rings (SSSR count). The van der Waals surface area contributed by atoms with Crippen molar-refractivity contribution in [1.82, 2.24) is 24.1 Å². The third-order valence-electron chi connectivity index (χ3n) is 6.15. The van der Waals surface area contributed by atoms with Crippen molar-refractivity contribution in [3.05, 3.63) is 70.3 Å². The maximum atomic E-state index is 13.5. The fourth-order valence-corrected chi connectivity index (χ4v) is 5.57.